The zero-order valence-electron chi connectivity index (χ0n) is 9.32. The van der Waals surface area contributed by atoms with Crippen molar-refractivity contribution in [3.05, 3.63) is 39.4 Å². The molecule has 0 bridgehead atoms. The van der Waals surface area contributed by atoms with Gasteiger partial charge in [0.2, 0.25) is 0 Å². The van der Waals surface area contributed by atoms with E-state index >= 15 is 0 Å². The van der Waals surface area contributed by atoms with E-state index in [9.17, 15) is 4.79 Å². The molecule has 2 rings (SSSR count). The summed E-state index contributed by atoms with van der Waals surface area (Å²) in [5.41, 5.74) is 3.15. The molecule has 0 radical (unpaired) electrons. The Balaban J connectivity index is 2.53. The van der Waals surface area contributed by atoms with Gasteiger partial charge in [0.15, 0.2) is 10.0 Å². The molecule has 0 aliphatic heterocycles. The molecular formula is C12H10ClNO2S. The van der Waals surface area contributed by atoms with Crippen LogP contribution in [0.15, 0.2) is 18.2 Å². The van der Waals surface area contributed by atoms with Crippen LogP contribution in [-0.2, 0) is 0 Å². The molecule has 1 N–H and O–H groups in total. The van der Waals surface area contributed by atoms with Crippen molar-refractivity contribution in [3.63, 3.8) is 0 Å². The summed E-state index contributed by atoms with van der Waals surface area (Å²) in [5, 5.41) is 9.62. The number of thiazole rings is 1. The lowest BCUT2D eigenvalue weighted by atomic mass is 10.1. The van der Waals surface area contributed by atoms with E-state index in [0.29, 0.717) is 5.01 Å². The number of aromatic carboxylic acids is 1. The van der Waals surface area contributed by atoms with E-state index < -0.39 is 5.97 Å². The van der Waals surface area contributed by atoms with E-state index in [-0.39, 0.29) is 10.0 Å². The van der Waals surface area contributed by atoms with E-state index in [4.69, 9.17) is 16.7 Å². The molecule has 0 aliphatic carbocycles. The van der Waals surface area contributed by atoms with Gasteiger partial charge in [-0.3, -0.25) is 0 Å². The number of carbonyl (C=O) groups is 1. The van der Waals surface area contributed by atoms with Crippen molar-refractivity contribution in [2.75, 3.05) is 0 Å². The van der Waals surface area contributed by atoms with Gasteiger partial charge in [0.05, 0.1) is 0 Å². The molecule has 3 nitrogen and oxygen atoms in total. The Hall–Kier alpha value is -1.39. The van der Waals surface area contributed by atoms with E-state index in [1.807, 2.05) is 32.0 Å². The van der Waals surface area contributed by atoms with Crippen LogP contribution in [0.25, 0.3) is 10.6 Å². The lowest BCUT2D eigenvalue weighted by Crippen LogP contribution is -1.91. The fourth-order valence-corrected chi connectivity index (χ4v) is 2.82. The van der Waals surface area contributed by atoms with Crippen LogP contribution >= 0.6 is 22.9 Å². The quantitative estimate of drug-likeness (QED) is 0.901. The monoisotopic (exact) mass is 267 g/mol. The van der Waals surface area contributed by atoms with E-state index in [2.05, 4.69) is 4.98 Å². The maximum absolute atomic E-state index is 10.9. The van der Waals surface area contributed by atoms with Crippen LogP contribution in [0.3, 0.4) is 0 Å². The molecule has 2 aromatic rings. The minimum atomic E-state index is -1.04. The minimum Gasteiger partial charge on any atom is -0.477 e. The third kappa shape index (κ3) is 2.33. The van der Waals surface area contributed by atoms with Gasteiger partial charge in [-0.05, 0) is 19.4 Å². The molecule has 0 saturated heterocycles. The second-order valence-corrected chi connectivity index (χ2v) is 5.12. The second-order valence-electron chi connectivity index (χ2n) is 3.76. The fourth-order valence-electron chi connectivity index (χ4n) is 1.60. The Morgan fingerprint density at radius 3 is 2.65 bits per heavy atom. The van der Waals surface area contributed by atoms with Gasteiger partial charge in [0, 0.05) is 5.56 Å². The summed E-state index contributed by atoms with van der Waals surface area (Å²) >= 11 is 6.89. The van der Waals surface area contributed by atoms with E-state index in [0.717, 1.165) is 28.0 Å². The molecule has 17 heavy (non-hydrogen) atoms. The third-order valence-electron chi connectivity index (χ3n) is 2.39. The van der Waals surface area contributed by atoms with Crippen LogP contribution in [0.5, 0.6) is 0 Å². The Morgan fingerprint density at radius 1 is 1.41 bits per heavy atom. The first-order chi connectivity index (χ1) is 7.99. The average molecular weight is 268 g/mol. The third-order valence-corrected chi connectivity index (χ3v) is 3.85. The molecule has 0 fully saturated rings. The maximum atomic E-state index is 10.9. The highest BCUT2D eigenvalue weighted by Crippen LogP contribution is 2.32. The first-order valence-electron chi connectivity index (χ1n) is 4.96. The molecule has 0 atom stereocenters. The number of aryl methyl sites for hydroxylation is 2. The summed E-state index contributed by atoms with van der Waals surface area (Å²) < 4.78 is 0. The number of rotatable bonds is 2. The Morgan fingerprint density at radius 2 is 2.12 bits per heavy atom. The summed E-state index contributed by atoms with van der Waals surface area (Å²) in [5.74, 6) is -1.04. The Bertz CT molecular complexity index is 592. The van der Waals surface area contributed by atoms with Gasteiger partial charge >= 0.3 is 5.97 Å². The standard InChI is InChI=1S/C12H10ClNO2S/c1-6-3-4-8(7(2)5-6)11-14-10(13)9(17-11)12(15)16/h3-5H,1-2H3,(H,15,16). The number of halogens is 1. The number of carboxylic acids is 1. The highest BCUT2D eigenvalue weighted by molar-refractivity contribution is 7.17. The lowest BCUT2D eigenvalue weighted by molar-refractivity contribution is 0.0702. The number of hydrogen-bond acceptors (Lipinski definition) is 3. The fraction of sp³-hybridized carbons (Fsp3) is 0.167. The van der Waals surface area contributed by atoms with Gasteiger partial charge < -0.3 is 5.11 Å². The molecule has 1 heterocycles. The van der Waals surface area contributed by atoms with Crippen molar-refractivity contribution in [1.29, 1.82) is 0 Å². The molecule has 0 aliphatic rings. The molecular weight excluding hydrogens is 258 g/mol. The zero-order valence-corrected chi connectivity index (χ0v) is 10.9. The van der Waals surface area contributed by atoms with E-state index in [1.54, 1.807) is 0 Å². The highest BCUT2D eigenvalue weighted by Gasteiger charge is 2.17. The molecule has 0 spiro atoms. The van der Waals surface area contributed by atoms with Gasteiger partial charge in [-0.15, -0.1) is 11.3 Å². The normalized spacial score (nSPS) is 10.5. The van der Waals surface area contributed by atoms with Crippen molar-refractivity contribution in [2.24, 2.45) is 0 Å². The van der Waals surface area contributed by atoms with Gasteiger partial charge in [0.1, 0.15) is 5.01 Å². The Kier molecular flexibility index (Phi) is 3.17. The van der Waals surface area contributed by atoms with Crippen molar-refractivity contribution in [2.45, 2.75) is 13.8 Å². The highest BCUT2D eigenvalue weighted by atomic mass is 35.5. The van der Waals surface area contributed by atoms with Crippen molar-refractivity contribution in [1.82, 2.24) is 4.98 Å². The SMILES string of the molecule is Cc1ccc(-c2nc(Cl)c(C(=O)O)s2)c(C)c1. The molecule has 5 heteroatoms. The summed E-state index contributed by atoms with van der Waals surface area (Å²) in [6.07, 6.45) is 0. The number of hydrogen-bond donors (Lipinski definition) is 1. The summed E-state index contributed by atoms with van der Waals surface area (Å²) in [6, 6.07) is 5.94. The molecule has 1 aromatic carbocycles. The number of carboxylic acid groups (broad SMARTS) is 1. The van der Waals surface area contributed by atoms with Crippen LogP contribution < -0.4 is 0 Å². The summed E-state index contributed by atoms with van der Waals surface area (Å²) in [7, 11) is 0. The van der Waals surface area contributed by atoms with Crippen molar-refractivity contribution < 1.29 is 9.90 Å². The van der Waals surface area contributed by atoms with Crippen LogP contribution in [0, 0.1) is 13.8 Å². The molecule has 0 unspecified atom stereocenters. The van der Waals surface area contributed by atoms with Crippen LogP contribution in [-0.4, -0.2) is 16.1 Å². The minimum absolute atomic E-state index is 0.0532. The lowest BCUT2D eigenvalue weighted by Gasteiger charge is -2.02. The van der Waals surface area contributed by atoms with Crippen molar-refractivity contribution >= 4 is 28.9 Å². The van der Waals surface area contributed by atoms with E-state index in [1.165, 1.54) is 0 Å². The van der Waals surface area contributed by atoms with Gasteiger partial charge in [-0.25, -0.2) is 9.78 Å². The second kappa shape index (κ2) is 4.47. The number of nitrogens with zero attached hydrogens (tertiary/aromatic N) is 1. The topological polar surface area (TPSA) is 50.2 Å². The van der Waals surface area contributed by atoms with Gasteiger partial charge in [-0.2, -0.15) is 0 Å². The summed E-state index contributed by atoms with van der Waals surface area (Å²) in [6.45, 7) is 3.98. The average Bonchev–Trinajstić information content (AvgIpc) is 2.60. The molecule has 1 aromatic heterocycles. The van der Waals surface area contributed by atoms with Crippen LogP contribution in [0.1, 0.15) is 20.8 Å². The number of aromatic nitrogens is 1. The first kappa shape index (κ1) is 12.1. The molecule has 88 valence electrons. The Labute approximate surface area is 108 Å². The van der Waals surface area contributed by atoms with Crippen LogP contribution in [0.4, 0.5) is 0 Å². The molecule has 0 amide bonds. The largest absolute Gasteiger partial charge is 0.477 e. The van der Waals surface area contributed by atoms with Crippen molar-refractivity contribution in [3.8, 4) is 10.6 Å². The summed E-state index contributed by atoms with van der Waals surface area (Å²) in [4.78, 5) is 15.1. The number of benzene rings is 1. The van der Waals surface area contributed by atoms with Crippen LogP contribution in [0.2, 0.25) is 5.15 Å². The predicted octanol–water partition coefficient (Wildman–Crippen LogP) is 3.78. The zero-order chi connectivity index (χ0) is 12.6. The van der Waals surface area contributed by atoms with Gasteiger partial charge in [0.25, 0.3) is 0 Å². The first-order valence-corrected chi connectivity index (χ1v) is 6.15. The predicted molar refractivity (Wildman–Crippen MR) is 69.0 cm³/mol. The molecule has 0 saturated carbocycles. The maximum Gasteiger partial charge on any atom is 0.349 e. The smallest absolute Gasteiger partial charge is 0.349 e. The van der Waals surface area contributed by atoms with Gasteiger partial charge in [-0.1, -0.05) is 35.4 Å².